The highest BCUT2D eigenvalue weighted by Crippen LogP contribution is 2.26. The maximum Gasteiger partial charge on any atom is 0.183 e. The number of hydrogen-bond donors (Lipinski definition) is 2. The van der Waals surface area contributed by atoms with Gasteiger partial charge in [0.25, 0.3) is 0 Å². The van der Waals surface area contributed by atoms with Gasteiger partial charge >= 0.3 is 0 Å². The predicted molar refractivity (Wildman–Crippen MR) is 61.1 cm³/mol. The lowest BCUT2D eigenvalue weighted by molar-refractivity contribution is 0.393. The molecule has 3 aromatic rings. The number of fused-ring (bicyclic) bond motifs is 1. The van der Waals surface area contributed by atoms with E-state index in [4.69, 9.17) is 10.3 Å². The summed E-state index contributed by atoms with van der Waals surface area (Å²) in [7, 11) is 0. The van der Waals surface area contributed by atoms with Crippen molar-refractivity contribution in [3.8, 4) is 11.4 Å². The van der Waals surface area contributed by atoms with Crippen LogP contribution in [0.25, 0.3) is 22.6 Å². The molecule has 0 spiro atoms. The summed E-state index contributed by atoms with van der Waals surface area (Å²) in [6, 6.07) is 0. The van der Waals surface area contributed by atoms with Crippen LogP contribution in [-0.2, 0) is 0 Å². The van der Waals surface area contributed by atoms with Gasteiger partial charge in [-0.15, -0.1) is 0 Å². The maximum atomic E-state index is 5.83. The van der Waals surface area contributed by atoms with Gasteiger partial charge < -0.3 is 15.2 Å². The molecule has 0 unspecified atom stereocenters. The standard InChI is InChI=1S/C10H10N6O/c1-4-6(5(2)17-16-4)9-14-8(11)7-10(15-9)13-3-12-7/h3H,1-2H3,(H3,11,12,13,14,15). The molecule has 0 fully saturated rings. The number of rotatable bonds is 1. The first kappa shape index (κ1) is 9.76. The summed E-state index contributed by atoms with van der Waals surface area (Å²) in [5.41, 5.74) is 8.51. The van der Waals surface area contributed by atoms with Gasteiger partial charge in [-0.3, -0.25) is 0 Å². The maximum absolute atomic E-state index is 5.83. The van der Waals surface area contributed by atoms with Crippen molar-refractivity contribution in [3.63, 3.8) is 0 Å². The van der Waals surface area contributed by atoms with Gasteiger partial charge in [0.05, 0.1) is 17.6 Å². The Hall–Kier alpha value is -2.44. The molecular formula is C10H10N6O. The largest absolute Gasteiger partial charge is 0.382 e. The van der Waals surface area contributed by atoms with Gasteiger partial charge in [-0.2, -0.15) is 0 Å². The van der Waals surface area contributed by atoms with E-state index >= 15 is 0 Å². The molecule has 0 saturated carbocycles. The summed E-state index contributed by atoms with van der Waals surface area (Å²) in [5, 5.41) is 3.87. The van der Waals surface area contributed by atoms with Crippen molar-refractivity contribution < 1.29 is 4.52 Å². The highest BCUT2D eigenvalue weighted by molar-refractivity contribution is 5.83. The second-order valence-corrected chi connectivity index (χ2v) is 3.73. The zero-order valence-corrected chi connectivity index (χ0v) is 9.35. The van der Waals surface area contributed by atoms with Crippen molar-refractivity contribution in [1.29, 1.82) is 0 Å². The summed E-state index contributed by atoms with van der Waals surface area (Å²) in [6.45, 7) is 3.64. The monoisotopic (exact) mass is 230 g/mol. The van der Waals surface area contributed by atoms with Crippen LogP contribution in [0, 0.1) is 13.8 Å². The van der Waals surface area contributed by atoms with E-state index < -0.39 is 0 Å². The number of imidazole rings is 1. The molecule has 0 aliphatic heterocycles. The lowest BCUT2D eigenvalue weighted by Crippen LogP contribution is -1.98. The number of nitrogens with two attached hydrogens (primary N) is 1. The van der Waals surface area contributed by atoms with Gasteiger partial charge in [-0.05, 0) is 13.8 Å². The molecular weight excluding hydrogens is 220 g/mol. The quantitative estimate of drug-likeness (QED) is 0.650. The molecule has 3 aromatic heterocycles. The summed E-state index contributed by atoms with van der Waals surface area (Å²) < 4.78 is 5.08. The molecule has 0 aromatic carbocycles. The summed E-state index contributed by atoms with van der Waals surface area (Å²) in [6.07, 6.45) is 1.53. The van der Waals surface area contributed by atoms with E-state index in [2.05, 4.69) is 25.1 Å². The van der Waals surface area contributed by atoms with Crippen molar-refractivity contribution >= 4 is 17.0 Å². The number of anilines is 1. The number of aromatic nitrogens is 5. The third kappa shape index (κ3) is 1.36. The van der Waals surface area contributed by atoms with E-state index in [-0.39, 0.29) is 0 Å². The minimum absolute atomic E-state index is 0.363. The molecule has 0 saturated heterocycles. The van der Waals surface area contributed by atoms with E-state index in [0.29, 0.717) is 28.6 Å². The molecule has 0 radical (unpaired) electrons. The minimum Gasteiger partial charge on any atom is -0.382 e. The lowest BCUT2D eigenvalue weighted by Gasteiger charge is -2.00. The fourth-order valence-corrected chi connectivity index (χ4v) is 1.77. The molecule has 17 heavy (non-hydrogen) atoms. The molecule has 0 atom stereocenters. The van der Waals surface area contributed by atoms with Gasteiger partial charge in [0.2, 0.25) is 0 Å². The Morgan fingerprint density at radius 3 is 2.82 bits per heavy atom. The van der Waals surface area contributed by atoms with E-state index in [1.807, 2.05) is 13.8 Å². The van der Waals surface area contributed by atoms with Gasteiger partial charge in [0, 0.05) is 0 Å². The molecule has 0 aliphatic carbocycles. The number of H-pyrrole nitrogens is 1. The summed E-state index contributed by atoms with van der Waals surface area (Å²) >= 11 is 0. The summed E-state index contributed by atoms with van der Waals surface area (Å²) in [5.74, 6) is 1.51. The van der Waals surface area contributed by atoms with Gasteiger partial charge in [0.15, 0.2) is 17.3 Å². The number of nitrogen functional groups attached to an aromatic ring is 1. The van der Waals surface area contributed by atoms with E-state index in [1.165, 1.54) is 6.33 Å². The van der Waals surface area contributed by atoms with Crippen molar-refractivity contribution in [2.24, 2.45) is 0 Å². The van der Waals surface area contributed by atoms with Gasteiger partial charge in [0.1, 0.15) is 11.3 Å². The molecule has 7 heteroatoms. The van der Waals surface area contributed by atoms with Crippen LogP contribution in [0.15, 0.2) is 10.9 Å². The molecule has 86 valence electrons. The van der Waals surface area contributed by atoms with E-state index in [0.717, 1.165) is 11.3 Å². The smallest absolute Gasteiger partial charge is 0.183 e. The van der Waals surface area contributed by atoms with Crippen molar-refractivity contribution in [1.82, 2.24) is 25.1 Å². The van der Waals surface area contributed by atoms with Crippen LogP contribution in [0.5, 0.6) is 0 Å². The Bertz CT molecular complexity index is 678. The Morgan fingerprint density at radius 2 is 2.12 bits per heavy atom. The highest BCUT2D eigenvalue weighted by Gasteiger charge is 2.16. The zero-order chi connectivity index (χ0) is 12.0. The average Bonchev–Trinajstić information content (AvgIpc) is 2.86. The Kier molecular flexibility index (Phi) is 1.88. The van der Waals surface area contributed by atoms with Gasteiger partial charge in [-0.1, -0.05) is 5.16 Å². The second kappa shape index (κ2) is 3.27. The second-order valence-electron chi connectivity index (χ2n) is 3.73. The molecule has 0 bridgehead atoms. The SMILES string of the molecule is Cc1noc(C)c1-c1nc(N)c2[nH]cnc2n1. The van der Waals surface area contributed by atoms with Crippen LogP contribution >= 0.6 is 0 Å². The zero-order valence-electron chi connectivity index (χ0n) is 9.35. The van der Waals surface area contributed by atoms with Crippen molar-refractivity contribution in [2.75, 3.05) is 5.73 Å². The first-order valence-corrected chi connectivity index (χ1v) is 5.06. The molecule has 0 aliphatic rings. The highest BCUT2D eigenvalue weighted by atomic mass is 16.5. The van der Waals surface area contributed by atoms with Gasteiger partial charge in [-0.25, -0.2) is 15.0 Å². The first-order chi connectivity index (χ1) is 8.16. The number of aryl methyl sites for hydroxylation is 2. The number of hydrogen-bond acceptors (Lipinski definition) is 6. The van der Waals surface area contributed by atoms with Crippen LogP contribution in [0.1, 0.15) is 11.5 Å². The number of aromatic amines is 1. The van der Waals surface area contributed by atoms with Crippen LogP contribution in [0.2, 0.25) is 0 Å². The first-order valence-electron chi connectivity index (χ1n) is 5.06. The predicted octanol–water partition coefficient (Wildman–Crippen LogP) is 1.21. The topological polar surface area (TPSA) is 107 Å². The van der Waals surface area contributed by atoms with E-state index in [9.17, 15) is 0 Å². The third-order valence-corrected chi connectivity index (χ3v) is 2.57. The van der Waals surface area contributed by atoms with Crippen LogP contribution in [-0.4, -0.2) is 25.1 Å². The van der Waals surface area contributed by atoms with Crippen LogP contribution in [0.4, 0.5) is 5.82 Å². The van der Waals surface area contributed by atoms with Crippen LogP contribution in [0.3, 0.4) is 0 Å². The molecule has 3 heterocycles. The lowest BCUT2D eigenvalue weighted by atomic mass is 10.2. The Balaban J connectivity index is 2.31. The molecule has 7 nitrogen and oxygen atoms in total. The Labute approximate surface area is 96.1 Å². The van der Waals surface area contributed by atoms with Crippen molar-refractivity contribution in [3.05, 3.63) is 17.8 Å². The van der Waals surface area contributed by atoms with Crippen molar-refractivity contribution in [2.45, 2.75) is 13.8 Å². The van der Waals surface area contributed by atoms with Crippen LogP contribution < -0.4 is 5.73 Å². The minimum atomic E-state index is 0.363. The summed E-state index contributed by atoms with van der Waals surface area (Å²) in [4.78, 5) is 15.5. The molecule has 3 rings (SSSR count). The Morgan fingerprint density at radius 1 is 1.29 bits per heavy atom. The normalized spacial score (nSPS) is 11.2. The molecule has 3 N–H and O–H groups in total. The van der Waals surface area contributed by atoms with E-state index in [1.54, 1.807) is 0 Å². The molecule has 0 amide bonds. The number of nitrogens with zero attached hydrogens (tertiary/aromatic N) is 4. The number of nitrogens with one attached hydrogen (secondary N) is 1. The fourth-order valence-electron chi connectivity index (χ4n) is 1.77. The fraction of sp³-hybridized carbons (Fsp3) is 0.200. The third-order valence-electron chi connectivity index (χ3n) is 2.57. The average molecular weight is 230 g/mol.